The highest BCUT2D eigenvalue weighted by Gasteiger charge is 2.54. The van der Waals surface area contributed by atoms with Crippen LogP contribution < -0.4 is 5.32 Å². The number of carbonyl (C=O) groups is 1. The van der Waals surface area contributed by atoms with Gasteiger partial charge in [0.1, 0.15) is 0 Å². The Balaban J connectivity index is 1.73. The van der Waals surface area contributed by atoms with E-state index in [1.165, 1.54) is 25.7 Å². The van der Waals surface area contributed by atoms with Crippen molar-refractivity contribution in [2.45, 2.75) is 45.1 Å². The van der Waals surface area contributed by atoms with E-state index in [9.17, 15) is 9.90 Å². The van der Waals surface area contributed by atoms with E-state index in [4.69, 9.17) is 0 Å². The molecule has 3 atom stereocenters. The summed E-state index contributed by atoms with van der Waals surface area (Å²) < 4.78 is 0. The lowest BCUT2D eigenvalue weighted by molar-refractivity contribution is -0.123. The van der Waals surface area contributed by atoms with E-state index >= 15 is 0 Å². The topological polar surface area (TPSA) is 49.3 Å². The van der Waals surface area contributed by atoms with Crippen LogP contribution in [-0.2, 0) is 4.79 Å². The van der Waals surface area contributed by atoms with E-state index in [0.717, 1.165) is 0 Å². The van der Waals surface area contributed by atoms with Crippen molar-refractivity contribution in [3.8, 4) is 0 Å². The van der Waals surface area contributed by atoms with Crippen LogP contribution in [0.1, 0.15) is 39.0 Å². The number of amides is 1. The van der Waals surface area contributed by atoms with Crippen LogP contribution in [0.5, 0.6) is 0 Å². The fourth-order valence-corrected chi connectivity index (χ4v) is 2.86. The van der Waals surface area contributed by atoms with Gasteiger partial charge in [0.2, 0.25) is 5.91 Å². The van der Waals surface area contributed by atoms with Gasteiger partial charge in [-0.3, -0.25) is 4.79 Å². The summed E-state index contributed by atoms with van der Waals surface area (Å²) in [5.41, 5.74) is 0. The Morgan fingerprint density at radius 1 is 1.40 bits per heavy atom. The summed E-state index contributed by atoms with van der Waals surface area (Å²) in [7, 11) is 0. The van der Waals surface area contributed by atoms with E-state index in [2.05, 4.69) is 5.32 Å². The fraction of sp³-hybridized carbons (Fsp3) is 0.917. The summed E-state index contributed by atoms with van der Waals surface area (Å²) in [6.07, 6.45) is 5.39. The van der Waals surface area contributed by atoms with Gasteiger partial charge in [-0.2, -0.15) is 0 Å². The van der Waals surface area contributed by atoms with Crippen LogP contribution in [0.25, 0.3) is 0 Å². The molecule has 3 unspecified atom stereocenters. The lowest BCUT2D eigenvalue weighted by Crippen LogP contribution is -2.33. The number of hydrogen-bond acceptors (Lipinski definition) is 2. The van der Waals surface area contributed by atoms with Crippen LogP contribution >= 0.6 is 0 Å². The van der Waals surface area contributed by atoms with E-state index in [-0.39, 0.29) is 17.9 Å². The average Bonchev–Trinajstić information content (AvgIpc) is 2.99. The predicted molar refractivity (Wildman–Crippen MR) is 58.2 cm³/mol. The molecule has 0 heterocycles. The van der Waals surface area contributed by atoms with Crippen LogP contribution in [0, 0.1) is 17.8 Å². The molecule has 2 fully saturated rings. The first-order chi connectivity index (χ1) is 7.24. The molecule has 3 nitrogen and oxygen atoms in total. The Hall–Kier alpha value is -0.570. The zero-order valence-corrected chi connectivity index (χ0v) is 9.41. The van der Waals surface area contributed by atoms with Crippen LogP contribution in [0.2, 0.25) is 0 Å². The second kappa shape index (κ2) is 4.52. The van der Waals surface area contributed by atoms with Gasteiger partial charge < -0.3 is 10.4 Å². The Morgan fingerprint density at radius 2 is 2.00 bits per heavy atom. The first kappa shape index (κ1) is 10.9. The molecule has 2 saturated carbocycles. The molecule has 86 valence electrons. The molecule has 0 saturated heterocycles. The molecule has 0 aliphatic heterocycles. The van der Waals surface area contributed by atoms with Crippen molar-refractivity contribution in [1.82, 2.24) is 5.32 Å². The normalized spacial score (nSPS) is 35.5. The van der Waals surface area contributed by atoms with Gasteiger partial charge in [-0.1, -0.05) is 19.8 Å². The van der Waals surface area contributed by atoms with Gasteiger partial charge in [0.15, 0.2) is 0 Å². The number of carbonyl (C=O) groups excluding carboxylic acids is 1. The van der Waals surface area contributed by atoms with Crippen molar-refractivity contribution < 1.29 is 9.90 Å². The minimum absolute atomic E-state index is 0.180. The van der Waals surface area contributed by atoms with Crippen molar-refractivity contribution in [3.05, 3.63) is 0 Å². The standard InChI is InChI=1S/C12H21NO2/c1-2-8(14)7-13-12(15)11-9-5-3-4-6-10(9)11/h8-11,14H,2-7H2,1H3,(H,13,15). The largest absolute Gasteiger partial charge is 0.391 e. The maximum atomic E-state index is 11.8. The molecule has 1 amide bonds. The maximum Gasteiger partial charge on any atom is 0.223 e. The summed E-state index contributed by atoms with van der Waals surface area (Å²) in [5, 5.41) is 12.2. The minimum Gasteiger partial charge on any atom is -0.391 e. The van der Waals surface area contributed by atoms with Gasteiger partial charge in [0.25, 0.3) is 0 Å². The second-order valence-electron chi connectivity index (χ2n) is 4.95. The third kappa shape index (κ3) is 2.33. The lowest BCUT2D eigenvalue weighted by Gasteiger charge is -2.09. The molecule has 3 heteroatoms. The Kier molecular flexibility index (Phi) is 3.29. The molecule has 0 spiro atoms. The van der Waals surface area contributed by atoms with Gasteiger partial charge in [0, 0.05) is 12.5 Å². The van der Waals surface area contributed by atoms with Gasteiger partial charge in [-0.15, -0.1) is 0 Å². The molecule has 2 aliphatic rings. The maximum absolute atomic E-state index is 11.8. The molecule has 0 aromatic carbocycles. The molecular formula is C12H21NO2. The highest BCUT2D eigenvalue weighted by molar-refractivity contribution is 5.82. The van der Waals surface area contributed by atoms with Crippen LogP contribution in [0.3, 0.4) is 0 Å². The average molecular weight is 211 g/mol. The summed E-state index contributed by atoms with van der Waals surface area (Å²) >= 11 is 0. The van der Waals surface area contributed by atoms with Crippen LogP contribution in [0.4, 0.5) is 0 Å². The van der Waals surface area contributed by atoms with Gasteiger partial charge >= 0.3 is 0 Å². The van der Waals surface area contributed by atoms with Gasteiger partial charge in [-0.25, -0.2) is 0 Å². The number of aliphatic hydroxyl groups is 1. The molecule has 2 aliphatic carbocycles. The number of rotatable bonds is 4. The molecule has 0 bridgehead atoms. The monoisotopic (exact) mass is 211 g/mol. The van der Waals surface area contributed by atoms with Gasteiger partial charge in [0.05, 0.1) is 6.10 Å². The number of aliphatic hydroxyl groups excluding tert-OH is 1. The molecule has 0 aromatic heterocycles. The molecular weight excluding hydrogens is 190 g/mol. The Bertz CT molecular complexity index is 230. The molecule has 0 radical (unpaired) electrons. The third-order valence-corrected chi connectivity index (χ3v) is 3.94. The van der Waals surface area contributed by atoms with Crippen molar-refractivity contribution in [1.29, 1.82) is 0 Å². The summed E-state index contributed by atoms with van der Waals surface area (Å²) in [6.45, 7) is 2.35. The SMILES string of the molecule is CCC(O)CNC(=O)C1C2CCCCC21. The summed E-state index contributed by atoms with van der Waals surface area (Å²) in [6, 6.07) is 0. The predicted octanol–water partition coefficient (Wildman–Crippen LogP) is 1.31. The summed E-state index contributed by atoms with van der Waals surface area (Å²) in [5.74, 6) is 1.78. The molecule has 0 aromatic rings. The van der Waals surface area contributed by atoms with E-state index in [1.807, 2.05) is 6.92 Å². The van der Waals surface area contributed by atoms with Crippen molar-refractivity contribution in [2.75, 3.05) is 6.54 Å². The Morgan fingerprint density at radius 3 is 2.53 bits per heavy atom. The number of hydrogen-bond donors (Lipinski definition) is 2. The molecule has 15 heavy (non-hydrogen) atoms. The highest BCUT2D eigenvalue weighted by Crippen LogP contribution is 2.55. The minimum atomic E-state index is -0.380. The summed E-state index contributed by atoms with van der Waals surface area (Å²) in [4.78, 5) is 11.8. The first-order valence-electron chi connectivity index (χ1n) is 6.19. The van der Waals surface area contributed by atoms with Crippen molar-refractivity contribution >= 4 is 5.91 Å². The number of fused-ring (bicyclic) bond motifs is 1. The first-order valence-corrected chi connectivity index (χ1v) is 6.19. The number of nitrogens with one attached hydrogen (secondary N) is 1. The quantitative estimate of drug-likeness (QED) is 0.736. The van der Waals surface area contributed by atoms with Crippen molar-refractivity contribution in [3.63, 3.8) is 0 Å². The van der Waals surface area contributed by atoms with Crippen molar-refractivity contribution in [2.24, 2.45) is 17.8 Å². The molecule has 2 rings (SSSR count). The smallest absolute Gasteiger partial charge is 0.223 e. The van der Waals surface area contributed by atoms with Gasteiger partial charge in [-0.05, 0) is 31.1 Å². The lowest BCUT2D eigenvalue weighted by atomic mass is 10.0. The van der Waals surface area contributed by atoms with Crippen LogP contribution in [0.15, 0.2) is 0 Å². The Labute approximate surface area is 91.2 Å². The second-order valence-corrected chi connectivity index (χ2v) is 4.95. The zero-order chi connectivity index (χ0) is 10.8. The van der Waals surface area contributed by atoms with E-state index < -0.39 is 0 Å². The van der Waals surface area contributed by atoms with E-state index in [1.54, 1.807) is 0 Å². The fourth-order valence-electron chi connectivity index (χ4n) is 2.86. The highest BCUT2D eigenvalue weighted by atomic mass is 16.3. The molecule has 2 N–H and O–H groups in total. The van der Waals surface area contributed by atoms with Crippen LogP contribution in [-0.4, -0.2) is 23.7 Å². The van der Waals surface area contributed by atoms with E-state index in [0.29, 0.717) is 24.8 Å². The zero-order valence-electron chi connectivity index (χ0n) is 9.41. The third-order valence-electron chi connectivity index (χ3n) is 3.94.